The molecule has 2 rings (SSSR count). The maximum absolute atomic E-state index is 4.43. The lowest BCUT2D eigenvalue weighted by molar-refractivity contribution is 0.557. The molecular formula is C17H22N2. The molecule has 1 aromatic heterocycles. The zero-order valence-electron chi connectivity index (χ0n) is 12.4. The van der Waals surface area contributed by atoms with Gasteiger partial charge >= 0.3 is 0 Å². The summed E-state index contributed by atoms with van der Waals surface area (Å²) >= 11 is 0. The molecule has 0 spiro atoms. The van der Waals surface area contributed by atoms with Gasteiger partial charge in [0.05, 0.1) is 11.4 Å². The zero-order chi connectivity index (χ0) is 14.0. The maximum Gasteiger partial charge on any atom is 0.0632 e. The fraction of sp³-hybridized carbons (Fsp3) is 0.353. The van der Waals surface area contributed by atoms with Gasteiger partial charge in [0.15, 0.2) is 0 Å². The zero-order valence-corrected chi connectivity index (χ0v) is 12.4. The standard InChI is InChI=1S/C17H22N2/c1-13-9-6-7-10-15(13)19(17(3,4)5)16-11-8-12-18-14(16)2/h6-12H,1-5H3. The van der Waals surface area contributed by atoms with E-state index in [1.165, 1.54) is 16.9 Å². The molecule has 0 fully saturated rings. The third-order valence-corrected chi connectivity index (χ3v) is 3.25. The highest BCUT2D eigenvalue weighted by Gasteiger charge is 2.25. The van der Waals surface area contributed by atoms with E-state index in [4.69, 9.17) is 0 Å². The molecule has 0 bridgehead atoms. The Morgan fingerprint density at radius 2 is 1.53 bits per heavy atom. The molecule has 1 aromatic carbocycles. The van der Waals surface area contributed by atoms with Crippen LogP contribution in [0.3, 0.4) is 0 Å². The van der Waals surface area contributed by atoms with E-state index in [2.05, 4.69) is 74.8 Å². The van der Waals surface area contributed by atoms with Crippen LogP contribution in [0.5, 0.6) is 0 Å². The van der Waals surface area contributed by atoms with Gasteiger partial charge in [-0.15, -0.1) is 0 Å². The van der Waals surface area contributed by atoms with E-state index < -0.39 is 0 Å². The third-order valence-electron chi connectivity index (χ3n) is 3.25. The quantitative estimate of drug-likeness (QED) is 0.776. The molecule has 0 atom stereocenters. The fourth-order valence-corrected chi connectivity index (χ4v) is 2.38. The first-order chi connectivity index (χ1) is 8.91. The first kappa shape index (κ1) is 13.6. The molecule has 2 heteroatoms. The number of hydrogen-bond donors (Lipinski definition) is 0. The van der Waals surface area contributed by atoms with Crippen LogP contribution in [-0.4, -0.2) is 10.5 Å². The lowest BCUT2D eigenvalue weighted by atomic mass is 10.0. The molecule has 0 amide bonds. The predicted molar refractivity (Wildman–Crippen MR) is 82.0 cm³/mol. The molecule has 0 aliphatic heterocycles. The third kappa shape index (κ3) is 2.78. The summed E-state index contributed by atoms with van der Waals surface area (Å²) < 4.78 is 0. The molecule has 19 heavy (non-hydrogen) atoms. The summed E-state index contributed by atoms with van der Waals surface area (Å²) in [5, 5.41) is 0. The van der Waals surface area contributed by atoms with Crippen molar-refractivity contribution in [3.63, 3.8) is 0 Å². The van der Waals surface area contributed by atoms with Gasteiger partial charge in [0.2, 0.25) is 0 Å². The van der Waals surface area contributed by atoms with Gasteiger partial charge in [0.1, 0.15) is 0 Å². The van der Waals surface area contributed by atoms with Crippen molar-refractivity contribution >= 4 is 11.4 Å². The lowest BCUT2D eigenvalue weighted by Crippen LogP contribution is -2.38. The monoisotopic (exact) mass is 254 g/mol. The minimum Gasteiger partial charge on any atom is -0.334 e. The van der Waals surface area contributed by atoms with Crippen LogP contribution in [0.15, 0.2) is 42.6 Å². The van der Waals surface area contributed by atoms with E-state index in [-0.39, 0.29) is 5.54 Å². The average molecular weight is 254 g/mol. The van der Waals surface area contributed by atoms with Crippen molar-refractivity contribution in [3.8, 4) is 0 Å². The summed E-state index contributed by atoms with van der Waals surface area (Å²) in [7, 11) is 0. The summed E-state index contributed by atoms with van der Waals surface area (Å²) in [5.41, 5.74) is 4.75. The van der Waals surface area contributed by atoms with Crippen molar-refractivity contribution in [3.05, 3.63) is 53.9 Å². The first-order valence-electron chi connectivity index (χ1n) is 6.69. The van der Waals surface area contributed by atoms with Gasteiger partial charge in [-0.1, -0.05) is 18.2 Å². The van der Waals surface area contributed by atoms with Crippen molar-refractivity contribution < 1.29 is 0 Å². The number of nitrogens with zero attached hydrogens (tertiary/aromatic N) is 2. The summed E-state index contributed by atoms with van der Waals surface area (Å²) in [6.07, 6.45) is 1.84. The van der Waals surface area contributed by atoms with Gasteiger partial charge in [-0.2, -0.15) is 0 Å². The van der Waals surface area contributed by atoms with Crippen LogP contribution in [0.4, 0.5) is 11.4 Å². The summed E-state index contributed by atoms with van der Waals surface area (Å²) in [5.74, 6) is 0. The van der Waals surface area contributed by atoms with Crippen LogP contribution in [-0.2, 0) is 0 Å². The second-order valence-corrected chi connectivity index (χ2v) is 5.90. The van der Waals surface area contributed by atoms with Crippen molar-refractivity contribution in [2.75, 3.05) is 4.90 Å². The highest BCUT2D eigenvalue weighted by molar-refractivity contribution is 5.69. The molecular weight excluding hydrogens is 232 g/mol. The molecule has 0 N–H and O–H groups in total. The predicted octanol–water partition coefficient (Wildman–Crippen LogP) is 4.64. The van der Waals surface area contributed by atoms with Crippen molar-refractivity contribution in [1.29, 1.82) is 0 Å². The molecule has 0 aliphatic carbocycles. The summed E-state index contributed by atoms with van der Waals surface area (Å²) in [6.45, 7) is 10.9. The van der Waals surface area contributed by atoms with Gasteiger partial charge in [-0.25, -0.2) is 0 Å². The Bertz CT molecular complexity index is 522. The molecule has 2 nitrogen and oxygen atoms in total. The van der Waals surface area contributed by atoms with E-state index in [1.54, 1.807) is 0 Å². The SMILES string of the molecule is Cc1ccccc1N(c1cccnc1C)C(C)(C)C. The summed E-state index contributed by atoms with van der Waals surface area (Å²) in [4.78, 5) is 6.79. The molecule has 0 radical (unpaired) electrons. The number of rotatable bonds is 2. The van der Waals surface area contributed by atoms with Crippen LogP contribution in [0.2, 0.25) is 0 Å². The second-order valence-electron chi connectivity index (χ2n) is 5.90. The number of aromatic nitrogens is 1. The lowest BCUT2D eigenvalue weighted by Gasteiger charge is -2.39. The van der Waals surface area contributed by atoms with Crippen LogP contribution < -0.4 is 4.90 Å². The van der Waals surface area contributed by atoms with E-state index >= 15 is 0 Å². The largest absolute Gasteiger partial charge is 0.334 e. The Balaban J connectivity index is 2.62. The van der Waals surface area contributed by atoms with Gasteiger partial charge in [-0.05, 0) is 58.4 Å². The topological polar surface area (TPSA) is 16.1 Å². The smallest absolute Gasteiger partial charge is 0.0632 e. The van der Waals surface area contributed by atoms with E-state index in [0.717, 1.165) is 5.69 Å². The Morgan fingerprint density at radius 3 is 2.11 bits per heavy atom. The number of benzene rings is 1. The number of pyridine rings is 1. The van der Waals surface area contributed by atoms with Crippen LogP contribution in [0.25, 0.3) is 0 Å². The van der Waals surface area contributed by atoms with Gasteiger partial charge in [0, 0.05) is 17.4 Å². The Labute approximate surface area is 116 Å². The van der Waals surface area contributed by atoms with Gasteiger partial charge in [-0.3, -0.25) is 4.98 Å². The molecule has 0 unspecified atom stereocenters. The highest BCUT2D eigenvalue weighted by Crippen LogP contribution is 2.36. The van der Waals surface area contributed by atoms with E-state index in [9.17, 15) is 0 Å². The number of hydrogen-bond acceptors (Lipinski definition) is 2. The molecule has 100 valence electrons. The molecule has 0 saturated heterocycles. The minimum absolute atomic E-state index is 0.0000926. The highest BCUT2D eigenvalue weighted by atomic mass is 15.2. The van der Waals surface area contributed by atoms with Crippen molar-refractivity contribution in [2.24, 2.45) is 0 Å². The van der Waals surface area contributed by atoms with Crippen LogP contribution in [0.1, 0.15) is 32.0 Å². The molecule has 1 heterocycles. The molecule has 2 aromatic rings. The Morgan fingerprint density at radius 1 is 0.895 bits per heavy atom. The Hall–Kier alpha value is -1.83. The second kappa shape index (κ2) is 5.04. The van der Waals surface area contributed by atoms with Gasteiger partial charge < -0.3 is 4.90 Å². The Kier molecular flexibility index (Phi) is 3.61. The van der Waals surface area contributed by atoms with E-state index in [0.29, 0.717) is 0 Å². The first-order valence-corrected chi connectivity index (χ1v) is 6.69. The number of aryl methyl sites for hydroxylation is 2. The average Bonchev–Trinajstić information content (AvgIpc) is 2.33. The van der Waals surface area contributed by atoms with Crippen molar-refractivity contribution in [1.82, 2.24) is 4.98 Å². The van der Waals surface area contributed by atoms with Crippen LogP contribution in [0, 0.1) is 13.8 Å². The van der Waals surface area contributed by atoms with Crippen molar-refractivity contribution in [2.45, 2.75) is 40.2 Å². The molecule has 0 aliphatic rings. The van der Waals surface area contributed by atoms with E-state index in [1.807, 2.05) is 12.3 Å². The maximum atomic E-state index is 4.43. The normalized spacial score (nSPS) is 11.4. The summed E-state index contributed by atoms with van der Waals surface area (Å²) in [6, 6.07) is 12.6. The fourth-order valence-electron chi connectivity index (χ4n) is 2.38. The van der Waals surface area contributed by atoms with Gasteiger partial charge in [0.25, 0.3) is 0 Å². The number of anilines is 2. The number of para-hydroxylation sites is 1. The van der Waals surface area contributed by atoms with Crippen LogP contribution >= 0.6 is 0 Å². The minimum atomic E-state index is -0.0000926. The molecule has 0 saturated carbocycles.